The number of nitrogens with zero attached hydrogens (tertiary/aromatic N) is 4. The van der Waals surface area contributed by atoms with Gasteiger partial charge >= 0.3 is 6.61 Å². The Labute approximate surface area is 227 Å². The zero-order valence-electron chi connectivity index (χ0n) is 23.0. The maximum atomic E-state index is 13.5. The van der Waals surface area contributed by atoms with Gasteiger partial charge in [0.05, 0.1) is 17.3 Å². The van der Waals surface area contributed by atoms with Gasteiger partial charge in [0.2, 0.25) is 0 Å². The SMILES string of the molecule is C=c1/c(=C\C=C/C)cc(-c2nc3cc(C(=O)N4CC[C@H](OC)[C@H](C)C4)cc(OC(F)F)c3n2C)n1CC1CC1. The Kier molecular flexibility index (Phi) is 7.62. The highest BCUT2D eigenvalue weighted by molar-refractivity contribution is 6.00. The lowest BCUT2D eigenvalue weighted by Gasteiger charge is -2.36. The van der Waals surface area contributed by atoms with Crippen LogP contribution >= 0.6 is 0 Å². The third-order valence-electron chi connectivity index (χ3n) is 7.89. The molecule has 2 aliphatic rings. The van der Waals surface area contributed by atoms with Crippen LogP contribution in [0, 0.1) is 11.8 Å². The molecule has 0 N–H and O–H groups in total. The minimum atomic E-state index is -3.04. The molecule has 1 aliphatic heterocycles. The summed E-state index contributed by atoms with van der Waals surface area (Å²) in [6.45, 7) is 7.17. The first-order chi connectivity index (χ1) is 18.7. The third kappa shape index (κ3) is 5.37. The fourth-order valence-electron chi connectivity index (χ4n) is 5.60. The average Bonchev–Trinajstić information content (AvgIpc) is 3.60. The number of imidazole rings is 1. The van der Waals surface area contributed by atoms with E-state index < -0.39 is 6.61 Å². The van der Waals surface area contributed by atoms with Crippen LogP contribution in [0.3, 0.4) is 0 Å². The van der Waals surface area contributed by atoms with Gasteiger partial charge in [-0.25, -0.2) is 4.98 Å². The standard InChI is InChI=1S/C30H36F2N4O3/c1-6-7-8-21-14-24(36(19(21)3)17-20-9-10-20)28-33-23-13-22(15-26(39-30(31)32)27(23)34(28)4)29(37)35-12-11-25(38-5)18(2)16-35/h6-8,13-15,18,20,25,30H,3,9-12,16-17H2,1-2,4-5H3/b7-6-,21-8-/t18-,25+/m1/s1. The van der Waals surface area contributed by atoms with Crippen LogP contribution < -0.4 is 15.3 Å². The number of benzene rings is 1. The van der Waals surface area contributed by atoms with Gasteiger partial charge < -0.3 is 23.5 Å². The van der Waals surface area contributed by atoms with Crippen LogP contribution in [-0.2, 0) is 18.3 Å². The van der Waals surface area contributed by atoms with Gasteiger partial charge in [0.1, 0.15) is 5.52 Å². The molecule has 2 atom stereocenters. The molecule has 3 aromatic rings. The van der Waals surface area contributed by atoms with Crippen molar-refractivity contribution in [3.8, 4) is 17.3 Å². The molecule has 7 nitrogen and oxygen atoms in total. The van der Waals surface area contributed by atoms with Crippen LogP contribution in [0.2, 0.25) is 0 Å². The Morgan fingerprint density at radius 3 is 2.67 bits per heavy atom. The molecule has 0 radical (unpaired) electrons. The Bertz CT molecular complexity index is 1520. The minimum Gasteiger partial charge on any atom is -0.432 e. The van der Waals surface area contributed by atoms with Gasteiger partial charge in [0, 0.05) is 44.7 Å². The number of piperidine rings is 1. The van der Waals surface area contributed by atoms with Crippen molar-refractivity contribution in [3.63, 3.8) is 0 Å². The zero-order chi connectivity index (χ0) is 27.8. The second kappa shape index (κ2) is 11.0. The van der Waals surface area contributed by atoms with Crippen LogP contribution in [0.1, 0.15) is 43.5 Å². The van der Waals surface area contributed by atoms with Gasteiger partial charge in [-0.2, -0.15) is 8.78 Å². The van der Waals surface area contributed by atoms with Crippen molar-refractivity contribution in [3.05, 3.63) is 46.5 Å². The quantitative estimate of drug-likeness (QED) is 0.429. The van der Waals surface area contributed by atoms with Crippen molar-refractivity contribution < 1.29 is 23.0 Å². The molecule has 0 unspecified atom stereocenters. The second-order valence-corrected chi connectivity index (χ2v) is 10.7. The highest BCUT2D eigenvalue weighted by atomic mass is 19.3. The van der Waals surface area contributed by atoms with Gasteiger partial charge in [0.15, 0.2) is 11.6 Å². The van der Waals surface area contributed by atoms with Gasteiger partial charge in [-0.1, -0.05) is 31.7 Å². The van der Waals surface area contributed by atoms with E-state index in [0.29, 0.717) is 35.9 Å². The molecule has 1 amide bonds. The summed E-state index contributed by atoms with van der Waals surface area (Å²) < 4.78 is 41.5. The molecule has 1 aliphatic carbocycles. The Balaban J connectivity index is 1.61. The molecule has 208 valence electrons. The molecule has 39 heavy (non-hydrogen) atoms. The molecule has 2 fully saturated rings. The van der Waals surface area contributed by atoms with Crippen molar-refractivity contribution in [2.75, 3.05) is 20.2 Å². The molecular weight excluding hydrogens is 502 g/mol. The number of halogens is 2. The number of alkyl halides is 2. The number of hydrogen-bond donors (Lipinski definition) is 0. The maximum Gasteiger partial charge on any atom is 0.387 e. The molecule has 3 heterocycles. The number of carbonyl (C=O) groups is 1. The number of rotatable bonds is 8. The van der Waals surface area contributed by atoms with Crippen molar-refractivity contribution >= 4 is 29.6 Å². The van der Waals surface area contributed by atoms with E-state index in [-0.39, 0.29) is 29.2 Å². The number of fused-ring (bicyclic) bond motifs is 1. The van der Waals surface area contributed by atoms with Crippen LogP contribution in [-0.4, -0.2) is 57.8 Å². The van der Waals surface area contributed by atoms with Crippen molar-refractivity contribution in [2.24, 2.45) is 18.9 Å². The topological polar surface area (TPSA) is 61.5 Å². The molecule has 0 spiro atoms. The van der Waals surface area contributed by atoms with Gasteiger partial charge in [-0.15, -0.1) is 0 Å². The monoisotopic (exact) mass is 538 g/mol. The van der Waals surface area contributed by atoms with Crippen molar-refractivity contribution in [1.82, 2.24) is 19.0 Å². The number of aryl methyl sites for hydroxylation is 1. The van der Waals surface area contributed by atoms with Gasteiger partial charge in [0.25, 0.3) is 5.91 Å². The molecule has 0 bridgehead atoms. The lowest BCUT2D eigenvalue weighted by atomic mass is 9.96. The van der Waals surface area contributed by atoms with E-state index in [1.165, 1.54) is 18.9 Å². The number of likely N-dealkylation sites (tertiary alicyclic amines) is 1. The van der Waals surface area contributed by atoms with Crippen molar-refractivity contribution in [1.29, 1.82) is 0 Å². The normalized spacial score (nSPS) is 20.6. The summed E-state index contributed by atoms with van der Waals surface area (Å²) in [7, 11) is 3.47. The lowest BCUT2D eigenvalue weighted by molar-refractivity contribution is -0.0490. The van der Waals surface area contributed by atoms with Crippen molar-refractivity contribution in [2.45, 2.75) is 52.4 Å². The van der Waals surface area contributed by atoms with Crippen LogP contribution in [0.15, 0.2) is 30.4 Å². The van der Waals surface area contributed by atoms with E-state index in [1.807, 2.05) is 38.1 Å². The Hall–Kier alpha value is -3.46. The van der Waals surface area contributed by atoms with E-state index in [2.05, 4.69) is 11.1 Å². The molecule has 1 saturated heterocycles. The Morgan fingerprint density at radius 2 is 2.03 bits per heavy atom. The summed E-state index contributed by atoms with van der Waals surface area (Å²) >= 11 is 0. The molecular formula is C30H36F2N4O3. The number of hydrogen-bond acceptors (Lipinski definition) is 4. The van der Waals surface area contributed by atoms with E-state index in [1.54, 1.807) is 29.7 Å². The van der Waals surface area contributed by atoms with E-state index >= 15 is 0 Å². The van der Waals surface area contributed by atoms with Crippen LogP contribution in [0.5, 0.6) is 5.75 Å². The maximum absolute atomic E-state index is 13.5. The zero-order valence-corrected chi connectivity index (χ0v) is 23.0. The predicted molar refractivity (Wildman–Crippen MR) is 148 cm³/mol. The smallest absolute Gasteiger partial charge is 0.387 e. The number of amides is 1. The molecule has 2 aromatic heterocycles. The van der Waals surface area contributed by atoms with E-state index in [9.17, 15) is 13.6 Å². The first-order valence-corrected chi connectivity index (χ1v) is 13.5. The summed E-state index contributed by atoms with van der Waals surface area (Å²) in [5.74, 6) is 1.06. The Morgan fingerprint density at radius 1 is 1.26 bits per heavy atom. The van der Waals surface area contributed by atoms with E-state index in [4.69, 9.17) is 14.5 Å². The fraction of sp³-hybridized carbons (Fsp3) is 0.467. The van der Waals surface area contributed by atoms with Gasteiger partial charge in [-0.3, -0.25) is 4.79 Å². The minimum absolute atomic E-state index is 0.0669. The average molecular weight is 539 g/mol. The van der Waals surface area contributed by atoms with Crippen LogP contribution in [0.25, 0.3) is 35.2 Å². The molecule has 1 saturated carbocycles. The fourth-order valence-corrected chi connectivity index (χ4v) is 5.60. The molecule has 9 heteroatoms. The highest BCUT2D eigenvalue weighted by Gasteiger charge is 2.31. The number of aromatic nitrogens is 3. The number of carbonyl (C=O) groups excluding carboxylic acids is 1. The number of methoxy groups -OCH3 is 1. The summed E-state index contributed by atoms with van der Waals surface area (Å²) in [5, 5.41) is 1.86. The number of ether oxygens (including phenoxy) is 2. The third-order valence-corrected chi connectivity index (χ3v) is 7.89. The summed E-state index contributed by atoms with van der Waals surface area (Å²) in [6, 6.07) is 5.13. The highest BCUT2D eigenvalue weighted by Crippen LogP contribution is 2.35. The summed E-state index contributed by atoms with van der Waals surface area (Å²) in [4.78, 5) is 20.1. The predicted octanol–water partition coefficient (Wildman–Crippen LogP) is 4.32. The first kappa shape index (κ1) is 27.1. The first-order valence-electron chi connectivity index (χ1n) is 13.5. The summed E-state index contributed by atoms with van der Waals surface area (Å²) in [5.41, 5.74) is 1.97. The van der Waals surface area contributed by atoms with Gasteiger partial charge in [-0.05, 0) is 61.4 Å². The number of allylic oxidation sites excluding steroid dienone is 2. The summed E-state index contributed by atoms with van der Waals surface area (Å²) in [6.07, 6.45) is 9.08. The molecule has 5 rings (SSSR count). The lowest BCUT2D eigenvalue weighted by Crippen LogP contribution is -2.45. The second-order valence-electron chi connectivity index (χ2n) is 10.7. The largest absolute Gasteiger partial charge is 0.432 e. The molecule has 1 aromatic carbocycles. The van der Waals surface area contributed by atoms with E-state index in [0.717, 1.165) is 29.2 Å². The van der Waals surface area contributed by atoms with Crippen LogP contribution in [0.4, 0.5) is 8.78 Å².